The summed E-state index contributed by atoms with van der Waals surface area (Å²) in [6.45, 7) is 1.34. The monoisotopic (exact) mass is 188 g/mol. The second kappa shape index (κ2) is 3.66. The fourth-order valence-corrected chi connectivity index (χ4v) is 1.17. The lowest BCUT2D eigenvalue weighted by Gasteiger charge is -2.10. The minimum atomic E-state index is -2.65. The molecule has 0 unspecified atom stereocenters. The SMILES string of the molecule is Cc1ncc(O)c(CN)c1C(F)F. The van der Waals surface area contributed by atoms with Crippen LogP contribution in [0.2, 0.25) is 0 Å². The van der Waals surface area contributed by atoms with Crippen molar-refractivity contribution in [3.8, 4) is 5.75 Å². The molecule has 0 atom stereocenters. The Hall–Kier alpha value is -1.23. The van der Waals surface area contributed by atoms with Crippen LogP contribution in [0.4, 0.5) is 8.78 Å². The number of hydrogen-bond acceptors (Lipinski definition) is 3. The molecule has 3 nitrogen and oxygen atoms in total. The van der Waals surface area contributed by atoms with E-state index in [-0.39, 0.29) is 29.1 Å². The summed E-state index contributed by atoms with van der Waals surface area (Å²) in [6, 6.07) is 0. The van der Waals surface area contributed by atoms with E-state index < -0.39 is 6.43 Å². The molecule has 1 aromatic rings. The van der Waals surface area contributed by atoms with E-state index in [4.69, 9.17) is 5.73 Å². The van der Waals surface area contributed by atoms with Crippen molar-refractivity contribution in [2.75, 3.05) is 0 Å². The van der Waals surface area contributed by atoms with Gasteiger partial charge in [0, 0.05) is 23.4 Å². The smallest absolute Gasteiger partial charge is 0.266 e. The Morgan fingerprint density at radius 2 is 2.23 bits per heavy atom. The van der Waals surface area contributed by atoms with Crippen molar-refractivity contribution in [1.29, 1.82) is 0 Å². The fraction of sp³-hybridized carbons (Fsp3) is 0.375. The lowest BCUT2D eigenvalue weighted by molar-refractivity contribution is 0.148. The number of aromatic hydroxyl groups is 1. The van der Waals surface area contributed by atoms with Crippen LogP contribution < -0.4 is 5.73 Å². The number of nitrogens with zero attached hydrogens (tertiary/aromatic N) is 1. The van der Waals surface area contributed by atoms with E-state index in [1.54, 1.807) is 0 Å². The molecular weight excluding hydrogens is 178 g/mol. The summed E-state index contributed by atoms with van der Waals surface area (Å²) in [5.41, 5.74) is 5.25. The van der Waals surface area contributed by atoms with Crippen molar-refractivity contribution < 1.29 is 13.9 Å². The number of aryl methyl sites for hydroxylation is 1. The van der Waals surface area contributed by atoms with E-state index in [1.165, 1.54) is 6.92 Å². The number of aromatic nitrogens is 1. The van der Waals surface area contributed by atoms with E-state index >= 15 is 0 Å². The van der Waals surface area contributed by atoms with E-state index in [0.717, 1.165) is 6.20 Å². The average Bonchev–Trinajstić information content (AvgIpc) is 2.07. The summed E-state index contributed by atoms with van der Waals surface area (Å²) in [5.74, 6) is -0.275. The van der Waals surface area contributed by atoms with Gasteiger partial charge in [-0.1, -0.05) is 0 Å². The van der Waals surface area contributed by atoms with Gasteiger partial charge in [0.1, 0.15) is 5.75 Å². The van der Waals surface area contributed by atoms with Crippen LogP contribution in [0.25, 0.3) is 0 Å². The van der Waals surface area contributed by atoms with E-state index in [2.05, 4.69) is 4.98 Å². The summed E-state index contributed by atoms with van der Waals surface area (Å²) in [6.07, 6.45) is -1.53. The largest absolute Gasteiger partial charge is 0.506 e. The predicted octanol–water partition coefficient (Wildman–Crippen LogP) is 1.49. The normalized spacial score (nSPS) is 10.8. The molecule has 3 N–H and O–H groups in total. The molecule has 0 bridgehead atoms. The topological polar surface area (TPSA) is 59.1 Å². The van der Waals surface area contributed by atoms with E-state index in [1.807, 2.05) is 0 Å². The fourth-order valence-electron chi connectivity index (χ4n) is 1.17. The Kier molecular flexibility index (Phi) is 2.77. The van der Waals surface area contributed by atoms with Crippen LogP contribution in [0.1, 0.15) is 23.2 Å². The molecule has 13 heavy (non-hydrogen) atoms. The number of nitrogens with two attached hydrogens (primary N) is 1. The van der Waals surface area contributed by atoms with Crippen molar-refractivity contribution >= 4 is 0 Å². The van der Waals surface area contributed by atoms with E-state index in [0.29, 0.717) is 0 Å². The molecular formula is C8H10F2N2O. The zero-order chi connectivity index (χ0) is 10.0. The molecule has 0 saturated heterocycles. The van der Waals surface area contributed by atoms with Gasteiger partial charge in [0.25, 0.3) is 6.43 Å². The van der Waals surface area contributed by atoms with Crippen LogP contribution in [0.15, 0.2) is 6.20 Å². The first-order valence-electron chi connectivity index (χ1n) is 3.73. The highest BCUT2D eigenvalue weighted by molar-refractivity contribution is 5.40. The van der Waals surface area contributed by atoms with Gasteiger partial charge in [0.15, 0.2) is 0 Å². The third kappa shape index (κ3) is 1.75. The highest BCUT2D eigenvalue weighted by atomic mass is 19.3. The summed E-state index contributed by atoms with van der Waals surface area (Å²) in [4.78, 5) is 3.62. The number of pyridine rings is 1. The summed E-state index contributed by atoms with van der Waals surface area (Å²) < 4.78 is 24.9. The van der Waals surface area contributed by atoms with Gasteiger partial charge < -0.3 is 10.8 Å². The highest BCUT2D eigenvalue weighted by Gasteiger charge is 2.18. The van der Waals surface area contributed by atoms with Gasteiger partial charge in [0.05, 0.1) is 6.20 Å². The van der Waals surface area contributed by atoms with Crippen molar-refractivity contribution in [3.63, 3.8) is 0 Å². The second-order valence-corrected chi connectivity index (χ2v) is 2.63. The van der Waals surface area contributed by atoms with Gasteiger partial charge in [-0.3, -0.25) is 4.98 Å². The first-order valence-corrected chi connectivity index (χ1v) is 3.73. The summed E-state index contributed by atoms with van der Waals surface area (Å²) >= 11 is 0. The van der Waals surface area contributed by atoms with Crippen molar-refractivity contribution in [2.45, 2.75) is 19.9 Å². The molecule has 0 aliphatic heterocycles. The zero-order valence-electron chi connectivity index (χ0n) is 7.09. The lowest BCUT2D eigenvalue weighted by Crippen LogP contribution is -2.05. The highest BCUT2D eigenvalue weighted by Crippen LogP contribution is 2.30. The minimum absolute atomic E-state index is 0.0718. The maximum absolute atomic E-state index is 12.4. The van der Waals surface area contributed by atoms with Crippen LogP contribution >= 0.6 is 0 Å². The van der Waals surface area contributed by atoms with E-state index in [9.17, 15) is 13.9 Å². The third-order valence-corrected chi connectivity index (χ3v) is 1.83. The number of rotatable bonds is 2. The Morgan fingerprint density at radius 1 is 1.62 bits per heavy atom. The van der Waals surface area contributed by atoms with Crippen LogP contribution in [0.3, 0.4) is 0 Å². The van der Waals surface area contributed by atoms with Crippen molar-refractivity contribution in [3.05, 3.63) is 23.0 Å². The molecule has 0 aliphatic carbocycles. The van der Waals surface area contributed by atoms with Crippen LogP contribution in [0, 0.1) is 6.92 Å². The average molecular weight is 188 g/mol. The van der Waals surface area contributed by atoms with Crippen LogP contribution in [-0.2, 0) is 6.54 Å². The number of halogens is 2. The zero-order valence-corrected chi connectivity index (χ0v) is 7.09. The molecule has 0 fully saturated rings. The van der Waals surface area contributed by atoms with Gasteiger partial charge in [-0.15, -0.1) is 0 Å². The maximum atomic E-state index is 12.4. The Labute approximate surface area is 74.2 Å². The van der Waals surface area contributed by atoms with Gasteiger partial charge in [0.2, 0.25) is 0 Å². The molecule has 0 amide bonds. The van der Waals surface area contributed by atoms with Crippen LogP contribution in [-0.4, -0.2) is 10.1 Å². The molecule has 1 rings (SSSR count). The first-order chi connectivity index (χ1) is 6.07. The molecule has 0 saturated carbocycles. The van der Waals surface area contributed by atoms with Gasteiger partial charge in [-0.2, -0.15) is 0 Å². The molecule has 1 heterocycles. The molecule has 0 aliphatic rings. The maximum Gasteiger partial charge on any atom is 0.266 e. The molecule has 5 heteroatoms. The molecule has 0 aromatic carbocycles. The molecule has 0 radical (unpaired) electrons. The minimum Gasteiger partial charge on any atom is -0.506 e. The number of hydrogen-bond donors (Lipinski definition) is 2. The second-order valence-electron chi connectivity index (χ2n) is 2.63. The predicted molar refractivity (Wildman–Crippen MR) is 43.5 cm³/mol. The Balaban J connectivity index is 3.35. The van der Waals surface area contributed by atoms with Crippen LogP contribution in [0.5, 0.6) is 5.75 Å². The summed E-state index contributed by atoms with van der Waals surface area (Å²) in [7, 11) is 0. The molecule has 72 valence electrons. The Morgan fingerprint density at radius 3 is 2.62 bits per heavy atom. The van der Waals surface area contributed by atoms with Gasteiger partial charge in [-0.25, -0.2) is 8.78 Å². The quantitative estimate of drug-likeness (QED) is 0.739. The van der Waals surface area contributed by atoms with Gasteiger partial charge in [-0.05, 0) is 6.92 Å². The standard InChI is InChI=1S/C8H10F2N2O/c1-4-7(8(9)10)5(2-11)6(13)3-12-4/h3,8,13H,2,11H2,1H3. The first kappa shape index (κ1) is 9.85. The summed E-state index contributed by atoms with van der Waals surface area (Å²) in [5, 5.41) is 9.19. The number of alkyl halides is 2. The molecule has 1 aromatic heterocycles. The third-order valence-electron chi connectivity index (χ3n) is 1.83. The van der Waals surface area contributed by atoms with Gasteiger partial charge >= 0.3 is 0 Å². The van der Waals surface area contributed by atoms with Crippen molar-refractivity contribution in [2.24, 2.45) is 5.73 Å². The molecule has 0 spiro atoms. The lowest BCUT2D eigenvalue weighted by atomic mass is 10.1. The van der Waals surface area contributed by atoms with Crippen molar-refractivity contribution in [1.82, 2.24) is 4.98 Å². The Bertz CT molecular complexity index is 315.